The number of nitrogens with zero attached hydrogens (tertiary/aromatic N) is 1. The first-order valence-electron chi connectivity index (χ1n) is 6.18. The van der Waals surface area contributed by atoms with Crippen molar-refractivity contribution >= 4 is 5.91 Å². The Morgan fingerprint density at radius 2 is 1.87 bits per heavy atom. The highest BCUT2D eigenvalue weighted by molar-refractivity contribution is 5.76. The molecule has 15 heavy (non-hydrogen) atoms. The predicted octanol–water partition coefficient (Wildman–Crippen LogP) is 1.37. The maximum Gasteiger partial charge on any atom is 0.220 e. The van der Waals surface area contributed by atoms with Gasteiger partial charge in [0.05, 0.1) is 0 Å². The molecule has 0 radical (unpaired) electrons. The number of carbonyl (C=O) groups is 1. The highest BCUT2D eigenvalue weighted by atomic mass is 16.1. The fraction of sp³-hybridized carbons (Fsp3) is 0.917. The summed E-state index contributed by atoms with van der Waals surface area (Å²) in [5.41, 5.74) is 5.34. The number of amides is 1. The van der Waals surface area contributed by atoms with Gasteiger partial charge < -0.3 is 10.6 Å². The lowest BCUT2D eigenvalue weighted by Crippen LogP contribution is -2.36. The van der Waals surface area contributed by atoms with Crippen molar-refractivity contribution in [2.45, 2.75) is 44.6 Å². The van der Waals surface area contributed by atoms with Gasteiger partial charge in [0.1, 0.15) is 0 Å². The lowest BCUT2D eigenvalue weighted by Gasteiger charge is -2.34. The lowest BCUT2D eigenvalue weighted by atomic mass is 9.77. The molecule has 0 aromatic carbocycles. The van der Waals surface area contributed by atoms with E-state index in [9.17, 15) is 4.79 Å². The number of likely N-dealkylation sites (tertiary alicyclic amines) is 1. The van der Waals surface area contributed by atoms with Crippen LogP contribution in [0.3, 0.4) is 0 Å². The van der Waals surface area contributed by atoms with Gasteiger partial charge in [0.25, 0.3) is 0 Å². The third kappa shape index (κ3) is 2.33. The molecule has 3 heteroatoms. The number of rotatable bonds is 2. The van der Waals surface area contributed by atoms with Crippen LogP contribution < -0.4 is 5.73 Å². The number of hydrogen-bond acceptors (Lipinski definition) is 2. The minimum absolute atomic E-state index is 0.0896. The van der Waals surface area contributed by atoms with Crippen molar-refractivity contribution in [3.8, 4) is 0 Å². The molecule has 1 heterocycles. The zero-order valence-electron chi connectivity index (χ0n) is 9.61. The van der Waals surface area contributed by atoms with Crippen molar-refractivity contribution in [1.82, 2.24) is 4.90 Å². The molecule has 2 N–H and O–H groups in total. The largest absolute Gasteiger partial charge is 0.369 e. The zero-order valence-corrected chi connectivity index (χ0v) is 9.61. The maximum atomic E-state index is 11.1. The Kier molecular flexibility index (Phi) is 3.29. The molecule has 1 aliphatic carbocycles. The Bertz CT molecular complexity index is 234. The fourth-order valence-corrected chi connectivity index (χ4v) is 3.32. The summed E-state index contributed by atoms with van der Waals surface area (Å²) in [4.78, 5) is 13.6. The van der Waals surface area contributed by atoms with Gasteiger partial charge in [-0.1, -0.05) is 0 Å². The van der Waals surface area contributed by atoms with Crippen LogP contribution in [0, 0.1) is 11.8 Å². The average molecular weight is 210 g/mol. The minimum Gasteiger partial charge on any atom is -0.369 e. The average Bonchev–Trinajstić information content (AvgIpc) is 2.65. The second-order valence-electron chi connectivity index (χ2n) is 5.20. The smallest absolute Gasteiger partial charge is 0.220 e. The lowest BCUT2D eigenvalue weighted by molar-refractivity contribution is -0.123. The molecule has 3 nitrogen and oxygen atoms in total. The van der Waals surface area contributed by atoms with E-state index in [1.807, 2.05) is 0 Å². The molecule has 0 unspecified atom stereocenters. The third-order valence-corrected chi connectivity index (χ3v) is 4.30. The number of nitrogens with two attached hydrogens (primary N) is 1. The van der Waals surface area contributed by atoms with Gasteiger partial charge in [-0.05, 0) is 58.0 Å². The zero-order chi connectivity index (χ0) is 10.8. The summed E-state index contributed by atoms with van der Waals surface area (Å²) in [6.07, 6.45) is 7.12. The Labute approximate surface area is 92.0 Å². The van der Waals surface area contributed by atoms with Crippen molar-refractivity contribution in [2.24, 2.45) is 17.6 Å². The first kappa shape index (κ1) is 10.9. The van der Waals surface area contributed by atoms with E-state index >= 15 is 0 Å². The minimum atomic E-state index is -0.0896. The summed E-state index contributed by atoms with van der Waals surface area (Å²) in [7, 11) is 2.23. The van der Waals surface area contributed by atoms with Gasteiger partial charge >= 0.3 is 0 Å². The van der Waals surface area contributed by atoms with Crippen molar-refractivity contribution in [3.05, 3.63) is 0 Å². The van der Waals surface area contributed by atoms with Crippen LogP contribution in [-0.2, 0) is 4.79 Å². The van der Waals surface area contributed by atoms with Gasteiger partial charge in [-0.25, -0.2) is 0 Å². The Hall–Kier alpha value is -0.570. The van der Waals surface area contributed by atoms with E-state index < -0.39 is 0 Å². The monoisotopic (exact) mass is 210 g/mol. The van der Waals surface area contributed by atoms with E-state index in [-0.39, 0.29) is 11.8 Å². The summed E-state index contributed by atoms with van der Waals surface area (Å²) >= 11 is 0. The van der Waals surface area contributed by atoms with Gasteiger partial charge in [-0.2, -0.15) is 0 Å². The molecule has 0 bridgehead atoms. The first-order chi connectivity index (χ1) is 7.18. The van der Waals surface area contributed by atoms with E-state index in [4.69, 9.17) is 5.73 Å². The molecule has 2 aliphatic rings. The van der Waals surface area contributed by atoms with E-state index in [2.05, 4.69) is 11.9 Å². The molecular weight excluding hydrogens is 188 g/mol. The summed E-state index contributed by atoms with van der Waals surface area (Å²) in [5, 5.41) is 0. The fourth-order valence-electron chi connectivity index (χ4n) is 3.32. The van der Waals surface area contributed by atoms with E-state index in [0.29, 0.717) is 0 Å². The summed E-state index contributed by atoms with van der Waals surface area (Å²) in [5.74, 6) is 0.884. The Balaban J connectivity index is 1.85. The third-order valence-electron chi connectivity index (χ3n) is 4.30. The molecule has 1 amide bonds. The number of primary amides is 1. The highest BCUT2D eigenvalue weighted by Gasteiger charge is 2.33. The van der Waals surface area contributed by atoms with Crippen molar-refractivity contribution in [1.29, 1.82) is 0 Å². The van der Waals surface area contributed by atoms with Crippen LogP contribution in [0.15, 0.2) is 0 Å². The Morgan fingerprint density at radius 1 is 1.20 bits per heavy atom. The molecule has 1 aliphatic heterocycles. The summed E-state index contributed by atoms with van der Waals surface area (Å²) in [6.45, 7) is 1.25. The number of carbonyl (C=O) groups excluding carboxylic acids is 1. The number of hydrogen-bond donors (Lipinski definition) is 1. The van der Waals surface area contributed by atoms with Gasteiger partial charge in [0, 0.05) is 12.0 Å². The Morgan fingerprint density at radius 3 is 2.33 bits per heavy atom. The van der Waals surface area contributed by atoms with Crippen LogP contribution in [0.4, 0.5) is 0 Å². The van der Waals surface area contributed by atoms with Crippen LogP contribution in [0.1, 0.15) is 38.5 Å². The van der Waals surface area contributed by atoms with Crippen LogP contribution in [-0.4, -0.2) is 30.4 Å². The molecule has 1 atom stereocenters. The molecule has 0 aromatic rings. The molecule has 2 fully saturated rings. The second-order valence-corrected chi connectivity index (χ2v) is 5.20. The van der Waals surface area contributed by atoms with Gasteiger partial charge in [0.2, 0.25) is 5.91 Å². The highest BCUT2D eigenvalue weighted by Crippen LogP contribution is 2.35. The van der Waals surface area contributed by atoms with Crippen molar-refractivity contribution < 1.29 is 4.79 Å². The van der Waals surface area contributed by atoms with Crippen LogP contribution in [0.5, 0.6) is 0 Å². The molecule has 2 rings (SSSR count). The van der Waals surface area contributed by atoms with E-state index in [1.54, 1.807) is 0 Å². The first-order valence-corrected chi connectivity index (χ1v) is 6.18. The molecule has 0 spiro atoms. The molecule has 1 saturated carbocycles. The normalized spacial score (nSPS) is 38.1. The van der Waals surface area contributed by atoms with Crippen LogP contribution in [0.2, 0.25) is 0 Å². The summed E-state index contributed by atoms with van der Waals surface area (Å²) in [6, 6.07) is 0.777. The van der Waals surface area contributed by atoms with Crippen molar-refractivity contribution in [2.75, 3.05) is 13.6 Å². The quantitative estimate of drug-likeness (QED) is 0.748. The standard InChI is InChI=1S/C12H22N2O/c1-14-8-2-3-11(14)9-4-6-10(7-5-9)12(13)15/h9-11H,2-8H2,1H3,(H2,13,15)/t9?,10?,11-/m1/s1. The maximum absolute atomic E-state index is 11.1. The van der Waals surface area contributed by atoms with Crippen LogP contribution in [0.25, 0.3) is 0 Å². The van der Waals surface area contributed by atoms with Gasteiger partial charge in [-0.3, -0.25) is 4.79 Å². The predicted molar refractivity (Wildman–Crippen MR) is 60.3 cm³/mol. The van der Waals surface area contributed by atoms with E-state index in [0.717, 1.165) is 24.8 Å². The molecular formula is C12H22N2O. The summed E-state index contributed by atoms with van der Waals surface area (Å²) < 4.78 is 0. The SMILES string of the molecule is CN1CCC[C@@H]1C1CCC(C(N)=O)CC1. The molecule has 1 saturated heterocycles. The molecule has 86 valence electrons. The van der Waals surface area contributed by atoms with Crippen molar-refractivity contribution in [3.63, 3.8) is 0 Å². The van der Waals surface area contributed by atoms with Gasteiger partial charge in [-0.15, -0.1) is 0 Å². The topological polar surface area (TPSA) is 46.3 Å². The molecule has 0 aromatic heterocycles. The second kappa shape index (κ2) is 4.52. The van der Waals surface area contributed by atoms with E-state index in [1.165, 1.54) is 32.2 Å². The van der Waals surface area contributed by atoms with Gasteiger partial charge in [0.15, 0.2) is 0 Å². The van der Waals surface area contributed by atoms with Crippen LogP contribution >= 0.6 is 0 Å².